The highest BCUT2D eigenvalue weighted by molar-refractivity contribution is 5.88. The number of unbranched alkanes of at least 4 members (excludes halogenated alkanes) is 6. The number of aryl methyl sites for hydroxylation is 4. The van der Waals surface area contributed by atoms with Crippen LogP contribution in [0, 0.1) is 27.7 Å². The lowest BCUT2D eigenvalue weighted by molar-refractivity contribution is 0.294. The first-order valence-corrected chi connectivity index (χ1v) is 16.6. The van der Waals surface area contributed by atoms with Gasteiger partial charge in [-0.1, -0.05) is 124 Å². The van der Waals surface area contributed by atoms with E-state index >= 15 is 0 Å². The van der Waals surface area contributed by atoms with Gasteiger partial charge in [0, 0.05) is 11.1 Å². The van der Waals surface area contributed by atoms with Gasteiger partial charge in [-0.25, -0.2) is 0 Å². The fraction of sp³-hybridized carbons (Fsp3) is 0.415. The second kappa shape index (κ2) is 13.8. The molecular formula is C41H50O2. The van der Waals surface area contributed by atoms with Gasteiger partial charge in [0.2, 0.25) is 0 Å². The quantitative estimate of drug-likeness (QED) is 0.123. The van der Waals surface area contributed by atoms with E-state index < -0.39 is 5.41 Å². The minimum absolute atomic E-state index is 0.568. The third-order valence-corrected chi connectivity index (χ3v) is 9.04. The molecule has 2 nitrogen and oxygen atoms in total. The highest BCUT2D eigenvalue weighted by Crippen LogP contribution is 2.60. The van der Waals surface area contributed by atoms with Crippen molar-refractivity contribution >= 4 is 0 Å². The second-order valence-corrected chi connectivity index (χ2v) is 12.7. The third-order valence-electron chi connectivity index (χ3n) is 9.04. The van der Waals surface area contributed by atoms with Crippen LogP contribution in [0.3, 0.4) is 0 Å². The Kier molecular flexibility index (Phi) is 9.96. The van der Waals surface area contributed by atoms with Crippen molar-refractivity contribution in [3.05, 3.63) is 117 Å². The summed E-state index contributed by atoms with van der Waals surface area (Å²) in [4.78, 5) is 0. The fourth-order valence-corrected chi connectivity index (χ4v) is 6.82. The van der Waals surface area contributed by atoms with Gasteiger partial charge in [-0.2, -0.15) is 0 Å². The average Bonchev–Trinajstić information content (AvgIpc) is 3.26. The molecule has 0 unspecified atom stereocenters. The molecule has 0 aromatic heterocycles. The van der Waals surface area contributed by atoms with Crippen LogP contribution in [0.15, 0.2) is 72.8 Å². The van der Waals surface area contributed by atoms with E-state index in [1.165, 1.54) is 94.2 Å². The first kappa shape index (κ1) is 30.9. The molecule has 0 saturated carbocycles. The molecular weight excluding hydrogens is 524 g/mol. The van der Waals surface area contributed by atoms with E-state index in [-0.39, 0.29) is 0 Å². The van der Waals surface area contributed by atoms with Crippen LogP contribution in [0.25, 0.3) is 11.1 Å². The topological polar surface area (TPSA) is 18.5 Å². The predicted molar refractivity (Wildman–Crippen MR) is 182 cm³/mol. The number of fused-ring (bicyclic) bond motifs is 3. The van der Waals surface area contributed by atoms with Crippen LogP contribution in [-0.2, 0) is 5.41 Å². The van der Waals surface area contributed by atoms with Crippen molar-refractivity contribution in [2.75, 3.05) is 13.2 Å². The van der Waals surface area contributed by atoms with E-state index in [2.05, 4.69) is 114 Å². The maximum Gasteiger partial charge on any atom is 0.124 e. The highest BCUT2D eigenvalue weighted by Gasteiger charge is 2.49. The normalized spacial score (nSPS) is 13.1. The SMILES string of the molecule is CCCCCCOc1cc(C)ccc1C1(c2ccc(C)cc2OCCCCCC)c2cc(C)ccc2-c2ccc(C)cc21. The van der Waals surface area contributed by atoms with Crippen LogP contribution in [0.4, 0.5) is 0 Å². The van der Waals surface area contributed by atoms with Gasteiger partial charge < -0.3 is 9.47 Å². The number of hydrogen-bond donors (Lipinski definition) is 0. The van der Waals surface area contributed by atoms with Crippen molar-refractivity contribution < 1.29 is 9.47 Å². The summed E-state index contributed by atoms with van der Waals surface area (Å²) in [5.74, 6) is 1.96. The average molecular weight is 575 g/mol. The van der Waals surface area contributed by atoms with Crippen LogP contribution in [0.2, 0.25) is 0 Å². The Morgan fingerprint density at radius 2 is 0.837 bits per heavy atom. The monoisotopic (exact) mass is 574 g/mol. The van der Waals surface area contributed by atoms with Crippen LogP contribution in [-0.4, -0.2) is 13.2 Å². The molecule has 1 aliphatic carbocycles. The smallest absolute Gasteiger partial charge is 0.124 e. The summed E-state index contributed by atoms with van der Waals surface area (Å²) in [5, 5.41) is 0. The van der Waals surface area contributed by atoms with E-state index in [9.17, 15) is 0 Å². The van der Waals surface area contributed by atoms with E-state index in [4.69, 9.17) is 9.47 Å². The minimum atomic E-state index is -0.568. The van der Waals surface area contributed by atoms with Gasteiger partial charge in [0.25, 0.3) is 0 Å². The third kappa shape index (κ3) is 6.26. The summed E-state index contributed by atoms with van der Waals surface area (Å²) >= 11 is 0. The van der Waals surface area contributed by atoms with Crippen LogP contribution < -0.4 is 9.47 Å². The van der Waals surface area contributed by atoms with Crippen LogP contribution in [0.1, 0.15) is 110 Å². The lowest BCUT2D eigenvalue weighted by atomic mass is 9.66. The van der Waals surface area contributed by atoms with Crippen LogP contribution in [0.5, 0.6) is 11.5 Å². The molecule has 2 heteroatoms. The Balaban J connectivity index is 1.77. The Bertz CT molecular complexity index is 1430. The summed E-state index contributed by atoms with van der Waals surface area (Å²) in [6, 6.07) is 27.6. The standard InChI is InChI=1S/C41H50O2/c1-7-9-11-13-23-42-39-27-31(5)17-21-35(39)41(36-22-18-32(6)28-40(36)43-24-14-12-10-8-2)37-25-29(3)15-19-33(37)34-20-16-30(4)26-38(34)41/h15-22,25-28H,7-14,23-24H2,1-6H3. The number of rotatable bonds is 14. The molecule has 226 valence electrons. The van der Waals surface area contributed by atoms with Gasteiger partial charge in [-0.15, -0.1) is 0 Å². The molecule has 4 aromatic carbocycles. The molecule has 0 radical (unpaired) electrons. The first-order chi connectivity index (χ1) is 20.9. The van der Waals surface area contributed by atoms with E-state index in [0.29, 0.717) is 0 Å². The van der Waals surface area contributed by atoms with E-state index in [0.717, 1.165) is 37.6 Å². The molecule has 0 saturated heterocycles. The Morgan fingerprint density at radius 3 is 1.26 bits per heavy atom. The molecule has 0 amide bonds. The van der Waals surface area contributed by atoms with Crippen molar-refractivity contribution in [2.45, 2.75) is 98.3 Å². The van der Waals surface area contributed by atoms with Gasteiger partial charge in [0.1, 0.15) is 11.5 Å². The molecule has 0 atom stereocenters. The lowest BCUT2D eigenvalue weighted by Gasteiger charge is -2.36. The molecule has 0 heterocycles. The molecule has 0 N–H and O–H groups in total. The zero-order valence-corrected chi connectivity index (χ0v) is 27.3. The molecule has 4 aromatic rings. The second-order valence-electron chi connectivity index (χ2n) is 12.7. The molecule has 0 spiro atoms. The molecule has 5 rings (SSSR count). The maximum absolute atomic E-state index is 6.76. The van der Waals surface area contributed by atoms with Crippen LogP contribution >= 0.6 is 0 Å². The molecule has 0 fully saturated rings. The molecule has 43 heavy (non-hydrogen) atoms. The first-order valence-electron chi connectivity index (χ1n) is 16.6. The summed E-state index contributed by atoms with van der Waals surface area (Å²) in [6.07, 6.45) is 9.46. The zero-order valence-electron chi connectivity index (χ0n) is 27.3. The highest BCUT2D eigenvalue weighted by atomic mass is 16.5. The maximum atomic E-state index is 6.76. The summed E-state index contributed by atoms with van der Waals surface area (Å²) < 4.78 is 13.5. The Hall–Kier alpha value is -3.52. The Morgan fingerprint density at radius 1 is 0.442 bits per heavy atom. The Labute approximate surface area is 260 Å². The largest absolute Gasteiger partial charge is 0.493 e. The number of benzene rings is 4. The van der Waals surface area contributed by atoms with Crippen molar-refractivity contribution in [2.24, 2.45) is 0 Å². The summed E-state index contributed by atoms with van der Waals surface area (Å²) in [5.41, 5.74) is 12.0. The van der Waals surface area contributed by atoms with Gasteiger partial charge in [-0.3, -0.25) is 0 Å². The summed E-state index contributed by atoms with van der Waals surface area (Å²) in [7, 11) is 0. The fourth-order valence-electron chi connectivity index (χ4n) is 6.82. The van der Waals surface area contributed by atoms with E-state index in [1.807, 2.05) is 0 Å². The van der Waals surface area contributed by atoms with Gasteiger partial charge in [0.15, 0.2) is 0 Å². The number of ether oxygens (including phenoxy) is 2. The van der Waals surface area contributed by atoms with Crippen molar-refractivity contribution in [3.8, 4) is 22.6 Å². The van der Waals surface area contributed by atoms with E-state index in [1.54, 1.807) is 0 Å². The number of hydrogen-bond acceptors (Lipinski definition) is 2. The van der Waals surface area contributed by atoms with Gasteiger partial charge in [0.05, 0.1) is 18.6 Å². The zero-order chi connectivity index (χ0) is 30.4. The van der Waals surface area contributed by atoms with Crippen molar-refractivity contribution in [1.29, 1.82) is 0 Å². The van der Waals surface area contributed by atoms with Crippen molar-refractivity contribution in [1.82, 2.24) is 0 Å². The predicted octanol–water partition coefficient (Wildman–Crippen LogP) is 11.2. The molecule has 0 aliphatic heterocycles. The molecule has 1 aliphatic rings. The minimum Gasteiger partial charge on any atom is -0.493 e. The lowest BCUT2D eigenvalue weighted by Crippen LogP contribution is -2.30. The van der Waals surface area contributed by atoms with Gasteiger partial charge in [-0.05, 0) is 86.1 Å². The van der Waals surface area contributed by atoms with Crippen molar-refractivity contribution in [3.63, 3.8) is 0 Å². The molecule has 0 bridgehead atoms. The summed E-state index contributed by atoms with van der Waals surface area (Å²) in [6.45, 7) is 14.7. The van der Waals surface area contributed by atoms with Gasteiger partial charge >= 0.3 is 0 Å².